The summed E-state index contributed by atoms with van der Waals surface area (Å²) < 4.78 is 5.76. The summed E-state index contributed by atoms with van der Waals surface area (Å²) in [7, 11) is 0. The lowest BCUT2D eigenvalue weighted by Gasteiger charge is -2.19. The van der Waals surface area contributed by atoms with Crippen molar-refractivity contribution in [3.63, 3.8) is 0 Å². The molecule has 2 aromatic rings. The summed E-state index contributed by atoms with van der Waals surface area (Å²) in [6.07, 6.45) is 4.81. The number of anilines is 1. The summed E-state index contributed by atoms with van der Waals surface area (Å²) in [5, 5.41) is 3.22. The molecule has 3 rings (SSSR count). The van der Waals surface area contributed by atoms with E-state index in [4.69, 9.17) is 4.74 Å². The number of hydrogen-bond acceptors (Lipinski definition) is 3. The first-order valence-electron chi connectivity index (χ1n) is 8.05. The van der Waals surface area contributed by atoms with Crippen LogP contribution in [-0.4, -0.2) is 5.78 Å². The Morgan fingerprint density at radius 1 is 1.04 bits per heavy atom. The maximum Gasteiger partial charge on any atom is 0.163 e. The van der Waals surface area contributed by atoms with Crippen LogP contribution in [0.15, 0.2) is 66.4 Å². The molecule has 1 aliphatic rings. The lowest BCUT2D eigenvalue weighted by atomic mass is 9.86. The molecular weight excluding hydrogens is 286 g/mol. The third kappa shape index (κ3) is 4.01. The summed E-state index contributed by atoms with van der Waals surface area (Å²) in [6.45, 7) is 2.01. The van der Waals surface area contributed by atoms with Gasteiger partial charge < -0.3 is 10.1 Å². The molecule has 0 heterocycles. The lowest BCUT2D eigenvalue weighted by molar-refractivity contribution is -0.119. The van der Waals surface area contributed by atoms with E-state index in [0.717, 1.165) is 42.0 Å². The van der Waals surface area contributed by atoms with E-state index in [2.05, 4.69) is 5.32 Å². The van der Waals surface area contributed by atoms with Gasteiger partial charge in [-0.3, -0.25) is 4.79 Å². The Kier molecular flexibility index (Phi) is 4.77. The minimum atomic E-state index is 0.151. The number of benzene rings is 2. The zero-order valence-electron chi connectivity index (χ0n) is 13.3. The molecule has 0 saturated heterocycles. The highest BCUT2D eigenvalue weighted by molar-refractivity contribution is 5.97. The van der Waals surface area contributed by atoms with Gasteiger partial charge >= 0.3 is 0 Å². The van der Waals surface area contributed by atoms with Gasteiger partial charge in [0.1, 0.15) is 11.5 Å². The van der Waals surface area contributed by atoms with Crippen LogP contribution in [0.25, 0.3) is 0 Å². The molecule has 3 nitrogen and oxygen atoms in total. The van der Waals surface area contributed by atoms with Crippen LogP contribution in [0.4, 0.5) is 5.69 Å². The Hall–Kier alpha value is -2.55. The zero-order valence-corrected chi connectivity index (χ0v) is 13.3. The Labute approximate surface area is 137 Å². The fourth-order valence-electron chi connectivity index (χ4n) is 2.73. The minimum absolute atomic E-state index is 0.151. The monoisotopic (exact) mass is 307 g/mol. The van der Waals surface area contributed by atoms with Crippen molar-refractivity contribution in [2.24, 2.45) is 5.92 Å². The quantitative estimate of drug-likeness (QED) is 0.792. The van der Waals surface area contributed by atoms with Crippen LogP contribution in [0.3, 0.4) is 0 Å². The summed E-state index contributed by atoms with van der Waals surface area (Å²) in [5.41, 5.74) is 1.84. The van der Waals surface area contributed by atoms with Crippen molar-refractivity contribution < 1.29 is 9.53 Å². The third-order valence-corrected chi connectivity index (χ3v) is 4.09. The second-order valence-corrected chi connectivity index (χ2v) is 5.91. The number of rotatable bonds is 4. The Balaban J connectivity index is 1.62. The number of para-hydroxylation sites is 1. The van der Waals surface area contributed by atoms with Crippen LogP contribution in [-0.2, 0) is 4.79 Å². The molecule has 1 aliphatic carbocycles. The zero-order chi connectivity index (χ0) is 16.1. The summed E-state index contributed by atoms with van der Waals surface area (Å²) in [4.78, 5) is 12.1. The van der Waals surface area contributed by atoms with E-state index in [-0.39, 0.29) is 11.7 Å². The molecule has 1 atom stereocenters. The Morgan fingerprint density at radius 2 is 1.74 bits per heavy atom. The van der Waals surface area contributed by atoms with Gasteiger partial charge in [-0.05, 0) is 55.7 Å². The van der Waals surface area contributed by atoms with E-state index >= 15 is 0 Å². The number of carbonyl (C=O) groups is 1. The molecule has 0 bridgehead atoms. The number of allylic oxidation sites excluding steroid dienone is 1. The smallest absolute Gasteiger partial charge is 0.163 e. The number of nitrogens with one attached hydrogen (secondary N) is 1. The fourth-order valence-corrected chi connectivity index (χ4v) is 2.73. The Morgan fingerprint density at radius 3 is 2.48 bits per heavy atom. The molecule has 1 fully saturated rings. The van der Waals surface area contributed by atoms with Crippen LogP contribution in [0.2, 0.25) is 0 Å². The molecule has 118 valence electrons. The van der Waals surface area contributed by atoms with Gasteiger partial charge in [0.2, 0.25) is 0 Å². The summed E-state index contributed by atoms with van der Waals surface area (Å²) in [5.74, 6) is 2.03. The number of Topliss-reactive ketones (excluding diaryl/α,β-unsaturated/α-hetero) is 1. The van der Waals surface area contributed by atoms with Gasteiger partial charge in [0.15, 0.2) is 5.78 Å². The Bertz CT molecular complexity index is 689. The first-order chi connectivity index (χ1) is 11.2. The van der Waals surface area contributed by atoms with E-state index in [0.29, 0.717) is 0 Å². The average Bonchev–Trinajstić information content (AvgIpc) is 2.58. The molecule has 3 heteroatoms. The maximum atomic E-state index is 12.1. The topological polar surface area (TPSA) is 38.3 Å². The van der Waals surface area contributed by atoms with Crippen molar-refractivity contribution in [3.05, 3.63) is 66.4 Å². The van der Waals surface area contributed by atoms with E-state index in [1.807, 2.05) is 67.7 Å². The van der Waals surface area contributed by atoms with Gasteiger partial charge in [-0.2, -0.15) is 0 Å². The second-order valence-electron chi connectivity index (χ2n) is 5.91. The summed E-state index contributed by atoms with van der Waals surface area (Å²) in [6, 6.07) is 17.4. The van der Waals surface area contributed by atoms with Crippen LogP contribution >= 0.6 is 0 Å². The van der Waals surface area contributed by atoms with E-state index < -0.39 is 0 Å². The highest BCUT2D eigenvalue weighted by atomic mass is 16.5. The van der Waals surface area contributed by atoms with Crippen molar-refractivity contribution >= 4 is 11.5 Å². The van der Waals surface area contributed by atoms with Gasteiger partial charge in [-0.25, -0.2) is 0 Å². The largest absolute Gasteiger partial charge is 0.457 e. The third-order valence-electron chi connectivity index (χ3n) is 4.09. The average molecular weight is 307 g/mol. The first kappa shape index (κ1) is 15.3. The van der Waals surface area contributed by atoms with E-state index in [9.17, 15) is 4.79 Å². The maximum absolute atomic E-state index is 12.1. The van der Waals surface area contributed by atoms with Gasteiger partial charge in [0.05, 0.1) is 0 Å². The molecule has 23 heavy (non-hydrogen) atoms. The van der Waals surface area contributed by atoms with Gasteiger partial charge in [-0.1, -0.05) is 25.1 Å². The predicted octanol–water partition coefficient (Wildman–Crippen LogP) is 5.16. The van der Waals surface area contributed by atoms with E-state index in [1.165, 1.54) is 0 Å². The number of hydrogen-bond donors (Lipinski definition) is 1. The van der Waals surface area contributed by atoms with Crippen LogP contribution in [0.1, 0.15) is 26.2 Å². The molecule has 1 N–H and O–H groups in total. The number of carbonyl (C=O) groups excluding carboxylic acids is 1. The molecule has 2 aromatic carbocycles. The van der Waals surface area contributed by atoms with Crippen molar-refractivity contribution in [2.75, 3.05) is 5.32 Å². The first-order valence-corrected chi connectivity index (χ1v) is 8.05. The van der Waals surface area contributed by atoms with Crippen molar-refractivity contribution in [3.8, 4) is 11.5 Å². The predicted molar refractivity (Wildman–Crippen MR) is 92.7 cm³/mol. The van der Waals surface area contributed by atoms with Crippen molar-refractivity contribution in [1.82, 2.24) is 0 Å². The molecule has 0 aromatic heterocycles. The van der Waals surface area contributed by atoms with Crippen molar-refractivity contribution in [2.45, 2.75) is 26.2 Å². The molecule has 0 spiro atoms. The van der Waals surface area contributed by atoms with Crippen LogP contribution in [0.5, 0.6) is 11.5 Å². The minimum Gasteiger partial charge on any atom is -0.457 e. The lowest BCUT2D eigenvalue weighted by Crippen LogP contribution is -2.19. The number of ether oxygens (including phenoxy) is 1. The molecule has 0 amide bonds. The van der Waals surface area contributed by atoms with Gasteiger partial charge in [0.25, 0.3) is 0 Å². The highest BCUT2D eigenvalue weighted by Gasteiger charge is 2.22. The van der Waals surface area contributed by atoms with Gasteiger partial charge in [-0.15, -0.1) is 0 Å². The molecule has 0 radical (unpaired) electrons. The second kappa shape index (κ2) is 7.14. The van der Waals surface area contributed by atoms with Crippen molar-refractivity contribution in [1.29, 1.82) is 0 Å². The molecule has 0 unspecified atom stereocenters. The fraction of sp³-hybridized carbons (Fsp3) is 0.250. The molecule has 1 saturated carbocycles. The standard InChI is InChI=1S/C20H21NO2/c1-15-6-5-7-16(20(15)22)14-21-17-10-12-19(13-11-17)23-18-8-3-2-4-9-18/h2-4,8-15,21H,5-7H2,1H3/b16-14-/t15-/m1/s1. The van der Waals surface area contributed by atoms with Crippen LogP contribution in [0, 0.1) is 5.92 Å². The SMILES string of the molecule is C[C@@H]1CCC/C(=C/Nc2ccc(Oc3ccccc3)cc2)C1=O. The normalized spacial score (nSPS) is 19.6. The van der Waals surface area contributed by atoms with Crippen LogP contribution < -0.4 is 10.1 Å². The van der Waals surface area contributed by atoms with Gasteiger partial charge in [0, 0.05) is 23.4 Å². The summed E-state index contributed by atoms with van der Waals surface area (Å²) >= 11 is 0. The highest BCUT2D eigenvalue weighted by Crippen LogP contribution is 2.26. The molecule has 0 aliphatic heterocycles. The number of ketones is 1. The molecular formula is C20H21NO2. The van der Waals surface area contributed by atoms with E-state index in [1.54, 1.807) is 0 Å².